The van der Waals surface area contributed by atoms with E-state index < -0.39 is 0 Å². The van der Waals surface area contributed by atoms with Crippen LogP contribution in [-0.4, -0.2) is 39.9 Å². The number of likely N-dealkylation sites (tertiary alicyclic amines) is 1. The highest BCUT2D eigenvalue weighted by molar-refractivity contribution is 5.81. The lowest BCUT2D eigenvalue weighted by atomic mass is 10.2. The van der Waals surface area contributed by atoms with Crippen LogP contribution in [0.15, 0.2) is 12.3 Å². The fourth-order valence-electron chi connectivity index (χ4n) is 2.16. The minimum Gasteiger partial charge on any atom is -0.341 e. The number of rotatable bonds is 4. The van der Waals surface area contributed by atoms with Gasteiger partial charge in [0, 0.05) is 25.8 Å². The maximum Gasteiger partial charge on any atom is 0.239 e. The van der Waals surface area contributed by atoms with E-state index in [1.165, 1.54) is 0 Å². The van der Waals surface area contributed by atoms with Crippen molar-refractivity contribution in [2.24, 2.45) is 0 Å². The molecule has 98 valence electrons. The summed E-state index contributed by atoms with van der Waals surface area (Å²) < 4.78 is 0. The van der Waals surface area contributed by atoms with E-state index in [4.69, 9.17) is 0 Å². The van der Waals surface area contributed by atoms with E-state index in [0.717, 1.165) is 37.4 Å². The molecule has 0 spiro atoms. The molecule has 0 radical (unpaired) electrons. The lowest BCUT2D eigenvalue weighted by molar-refractivity contribution is -0.131. The highest BCUT2D eigenvalue weighted by atomic mass is 16.2. The van der Waals surface area contributed by atoms with Gasteiger partial charge >= 0.3 is 0 Å². The number of aryl methyl sites for hydroxylation is 1. The summed E-state index contributed by atoms with van der Waals surface area (Å²) in [7, 11) is 0. The quantitative estimate of drug-likeness (QED) is 0.859. The highest BCUT2D eigenvalue weighted by Crippen LogP contribution is 2.09. The average Bonchev–Trinajstić information content (AvgIpc) is 2.89. The molecular weight excluding hydrogens is 228 g/mol. The Morgan fingerprint density at radius 2 is 2.22 bits per heavy atom. The lowest BCUT2D eigenvalue weighted by Crippen LogP contribution is -2.43. The molecule has 1 aromatic rings. The second kappa shape index (κ2) is 5.91. The number of carbonyl (C=O) groups is 1. The Bertz CT molecular complexity index is 415. The first-order chi connectivity index (χ1) is 8.66. The standard InChI is InChI=1S/C13H20N4O/c1-10(13(18)17-7-3-4-8-17)15-9-12-5-6-14-11(2)16-12/h5-6,10,15H,3-4,7-9H2,1-2H3. The van der Waals surface area contributed by atoms with Gasteiger partial charge in [0.05, 0.1) is 11.7 Å². The van der Waals surface area contributed by atoms with Crippen molar-refractivity contribution in [3.63, 3.8) is 0 Å². The maximum atomic E-state index is 12.1. The minimum absolute atomic E-state index is 0.154. The van der Waals surface area contributed by atoms with Gasteiger partial charge in [0.25, 0.3) is 0 Å². The number of hydrogen-bond donors (Lipinski definition) is 1. The number of nitrogens with zero attached hydrogens (tertiary/aromatic N) is 3. The molecule has 1 fully saturated rings. The topological polar surface area (TPSA) is 58.1 Å². The molecule has 5 nitrogen and oxygen atoms in total. The Kier molecular flexibility index (Phi) is 4.25. The first kappa shape index (κ1) is 13.0. The van der Waals surface area contributed by atoms with Crippen molar-refractivity contribution >= 4 is 5.91 Å². The Morgan fingerprint density at radius 1 is 1.50 bits per heavy atom. The molecule has 18 heavy (non-hydrogen) atoms. The third-order valence-electron chi connectivity index (χ3n) is 3.21. The minimum atomic E-state index is -0.154. The van der Waals surface area contributed by atoms with Crippen LogP contribution in [0.4, 0.5) is 0 Å². The molecule has 2 rings (SSSR count). The van der Waals surface area contributed by atoms with Gasteiger partial charge in [-0.3, -0.25) is 4.79 Å². The van der Waals surface area contributed by atoms with Crippen LogP contribution < -0.4 is 5.32 Å². The molecule has 1 amide bonds. The van der Waals surface area contributed by atoms with E-state index in [-0.39, 0.29) is 11.9 Å². The summed E-state index contributed by atoms with van der Waals surface area (Å²) in [5.41, 5.74) is 0.920. The number of carbonyl (C=O) groups excluding carboxylic acids is 1. The Balaban J connectivity index is 1.84. The van der Waals surface area contributed by atoms with Crippen molar-refractivity contribution in [2.45, 2.75) is 39.3 Å². The van der Waals surface area contributed by atoms with E-state index >= 15 is 0 Å². The number of nitrogens with one attached hydrogen (secondary N) is 1. The van der Waals surface area contributed by atoms with Crippen molar-refractivity contribution < 1.29 is 4.79 Å². The number of aromatic nitrogens is 2. The third-order valence-corrected chi connectivity index (χ3v) is 3.21. The summed E-state index contributed by atoms with van der Waals surface area (Å²) in [5, 5.41) is 3.22. The summed E-state index contributed by atoms with van der Waals surface area (Å²) >= 11 is 0. The highest BCUT2D eigenvalue weighted by Gasteiger charge is 2.22. The zero-order chi connectivity index (χ0) is 13.0. The zero-order valence-electron chi connectivity index (χ0n) is 11.0. The second-order valence-corrected chi connectivity index (χ2v) is 4.73. The summed E-state index contributed by atoms with van der Waals surface area (Å²) in [6.07, 6.45) is 4.00. The smallest absolute Gasteiger partial charge is 0.239 e. The average molecular weight is 248 g/mol. The summed E-state index contributed by atoms with van der Waals surface area (Å²) in [5.74, 6) is 0.950. The first-order valence-electron chi connectivity index (χ1n) is 6.47. The van der Waals surface area contributed by atoms with E-state index in [0.29, 0.717) is 6.54 Å². The van der Waals surface area contributed by atoms with Crippen LogP contribution in [0.25, 0.3) is 0 Å². The molecular formula is C13H20N4O. The first-order valence-corrected chi connectivity index (χ1v) is 6.47. The van der Waals surface area contributed by atoms with E-state index in [2.05, 4.69) is 15.3 Å². The summed E-state index contributed by atoms with van der Waals surface area (Å²) in [6.45, 7) is 6.18. The predicted molar refractivity (Wildman–Crippen MR) is 68.9 cm³/mol. The molecule has 1 atom stereocenters. The van der Waals surface area contributed by atoms with Crippen molar-refractivity contribution in [2.75, 3.05) is 13.1 Å². The number of amides is 1. The molecule has 5 heteroatoms. The molecule has 0 bridgehead atoms. The lowest BCUT2D eigenvalue weighted by Gasteiger charge is -2.21. The van der Waals surface area contributed by atoms with E-state index in [1.807, 2.05) is 24.8 Å². The molecule has 1 aliphatic heterocycles. The normalized spacial score (nSPS) is 16.9. The van der Waals surface area contributed by atoms with Gasteiger partial charge in [0.1, 0.15) is 5.82 Å². The largest absolute Gasteiger partial charge is 0.341 e. The Labute approximate surface area is 108 Å². The predicted octanol–water partition coefficient (Wildman–Crippen LogP) is 0.886. The van der Waals surface area contributed by atoms with Crippen LogP contribution >= 0.6 is 0 Å². The van der Waals surface area contributed by atoms with E-state index in [9.17, 15) is 4.79 Å². The molecule has 2 heterocycles. The van der Waals surface area contributed by atoms with Gasteiger partial charge in [-0.05, 0) is 32.8 Å². The molecule has 0 aromatic carbocycles. The Hall–Kier alpha value is -1.49. The van der Waals surface area contributed by atoms with Crippen molar-refractivity contribution in [1.82, 2.24) is 20.2 Å². The summed E-state index contributed by atoms with van der Waals surface area (Å²) in [4.78, 5) is 22.4. The second-order valence-electron chi connectivity index (χ2n) is 4.73. The molecule has 1 aromatic heterocycles. The van der Waals surface area contributed by atoms with Crippen LogP contribution in [0, 0.1) is 6.92 Å². The fraction of sp³-hybridized carbons (Fsp3) is 0.615. The van der Waals surface area contributed by atoms with Crippen LogP contribution in [0.2, 0.25) is 0 Å². The van der Waals surface area contributed by atoms with Gasteiger partial charge < -0.3 is 10.2 Å². The van der Waals surface area contributed by atoms with Gasteiger partial charge in [-0.2, -0.15) is 0 Å². The molecule has 1 N–H and O–H groups in total. The van der Waals surface area contributed by atoms with Gasteiger partial charge in [-0.15, -0.1) is 0 Å². The molecule has 1 saturated heterocycles. The van der Waals surface area contributed by atoms with Gasteiger partial charge in [-0.1, -0.05) is 0 Å². The van der Waals surface area contributed by atoms with Crippen LogP contribution in [0.1, 0.15) is 31.3 Å². The molecule has 0 saturated carbocycles. The van der Waals surface area contributed by atoms with Crippen molar-refractivity contribution in [1.29, 1.82) is 0 Å². The SMILES string of the molecule is Cc1nccc(CNC(C)C(=O)N2CCCC2)n1. The van der Waals surface area contributed by atoms with Gasteiger partial charge in [0.2, 0.25) is 5.91 Å². The molecule has 1 aliphatic rings. The van der Waals surface area contributed by atoms with Crippen molar-refractivity contribution in [3.8, 4) is 0 Å². The monoisotopic (exact) mass is 248 g/mol. The van der Waals surface area contributed by atoms with Crippen molar-refractivity contribution in [3.05, 3.63) is 23.8 Å². The molecule has 1 unspecified atom stereocenters. The van der Waals surface area contributed by atoms with Crippen LogP contribution in [-0.2, 0) is 11.3 Å². The number of hydrogen-bond acceptors (Lipinski definition) is 4. The Morgan fingerprint density at radius 3 is 2.89 bits per heavy atom. The van der Waals surface area contributed by atoms with Crippen LogP contribution in [0.5, 0.6) is 0 Å². The third kappa shape index (κ3) is 3.26. The maximum absolute atomic E-state index is 12.1. The van der Waals surface area contributed by atoms with Crippen LogP contribution in [0.3, 0.4) is 0 Å². The van der Waals surface area contributed by atoms with Gasteiger partial charge in [0.15, 0.2) is 0 Å². The van der Waals surface area contributed by atoms with E-state index in [1.54, 1.807) is 6.20 Å². The van der Waals surface area contributed by atoms with Gasteiger partial charge in [-0.25, -0.2) is 9.97 Å². The molecule has 0 aliphatic carbocycles. The zero-order valence-corrected chi connectivity index (χ0v) is 11.0. The summed E-state index contributed by atoms with van der Waals surface area (Å²) in [6, 6.07) is 1.71. The fourth-order valence-corrected chi connectivity index (χ4v) is 2.16.